The van der Waals surface area contributed by atoms with Gasteiger partial charge in [0.15, 0.2) is 5.79 Å². The van der Waals surface area contributed by atoms with Gasteiger partial charge in [0.2, 0.25) is 0 Å². The zero-order chi connectivity index (χ0) is 11.5. The summed E-state index contributed by atoms with van der Waals surface area (Å²) < 4.78 is 16.2. The smallest absolute Gasteiger partial charge is 0.305 e. The largest absolute Gasteiger partial charge is 0.466 e. The van der Waals surface area contributed by atoms with E-state index >= 15 is 0 Å². The fourth-order valence-corrected chi connectivity index (χ4v) is 1.69. The lowest BCUT2D eigenvalue weighted by Crippen LogP contribution is -2.27. The summed E-state index contributed by atoms with van der Waals surface area (Å²) in [7, 11) is 0. The third-order valence-electron chi connectivity index (χ3n) is 2.62. The molecule has 0 aromatic rings. The Morgan fingerprint density at radius 1 is 1.33 bits per heavy atom. The quantitative estimate of drug-likeness (QED) is 0.673. The van der Waals surface area contributed by atoms with E-state index in [2.05, 4.69) is 0 Å². The standard InChI is InChI=1S/C11H20O4/c1-5-13-10(12)6-7-11(4)14-8(2)9(3)15-11/h8-9H,5-7H2,1-4H3/t8-,9-/m1/s1. The molecule has 4 heteroatoms. The van der Waals surface area contributed by atoms with E-state index in [0.717, 1.165) is 0 Å². The highest BCUT2D eigenvalue weighted by Crippen LogP contribution is 2.31. The minimum absolute atomic E-state index is 0.0807. The highest BCUT2D eigenvalue weighted by Gasteiger charge is 2.40. The summed E-state index contributed by atoms with van der Waals surface area (Å²) in [5, 5.41) is 0. The van der Waals surface area contributed by atoms with Gasteiger partial charge >= 0.3 is 5.97 Å². The van der Waals surface area contributed by atoms with Gasteiger partial charge in [-0.2, -0.15) is 0 Å². The molecule has 15 heavy (non-hydrogen) atoms. The van der Waals surface area contributed by atoms with Crippen molar-refractivity contribution in [3.63, 3.8) is 0 Å². The maximum absolute atomic E-state index is 11.2. The Morgan fingerprint density at radius 3 is 2.33 bits per heavy atom. The Hall–Kier alpha value is -0.610. The number of carbonyl (C=O) groups is 1. The highest BCUT2D eigenvalue weighted by molar-refractivity contribution is 5.69. The number of esters is 1. The van der Waals surface area contributed by atoms with Gasteiger partial charge in [-0.25, -0.2) is 0 Å². The molecule has 0 spiro atoms. The monoisotopic (exact) mass is 216 g/mol. The minimum atomic E-state index is -0.633. The summed E-state index contributed by atoms with van der Waals surface area (Å²) in [5.41, 5.74) is 0. The Balaban J connectivity index is 2.35. The second kappa shape index (κ2) is 4.94. The molecule has 1 heterocycles. The van der Waals surface area contributed by atoms with Crippen LogP contribution in [-0.4, -0.2) is 30.6 Å². The van der Waals surface area contributed by atoms with E-state index in [1.807, 2.05) is 20.8 Å². The van der Waals surface area contributed by atoms with Crippen molar-refractivity contribution in [2.75, 3.05) is 6.61 Å². The Labute approximate surface area is 90.9 Å². The van der Waals surface area contributed by atoms with E-state index < -0.39 is 5.79 Å². The number of hydrogen-bond acceptors (Lipinski definition) is 4. The summed E-state index contributed by atoms with van der Waals surface area (Å²) in [6, 6.07) is 0. The lowest BCUT2D eigenvalue weighted by Gasteiger charge is -2.22. The van der Waals surface area contributed by atoms with Gasteiger partial charge < -0.3 is 14.2 Å². The van der Waals surface area contributed by atoms with E-state index in [1.54, 1.807) is 6.92 Å². The van der Waals surface area contributed by atoms with Crippen molar-refractivity contribution < 1.29 is 19.0 Å². The lowest BCUT2D eigenvalue weighted by atomic mass is 10.2. The predicted molar refractivity (Wildman–Crippen MR) is 55.4 cm³/mol. The third-order valence-corrected chi connectivity index (χ3v) is 2.62. The molecular formula is C11H20O4. The van der Waals surface area contributed by atoms with Gasteiger partial charge in [-0.3, -0.25) is 4.79 Å². The molecule has 0 radical (unpaired) electrons. The maximum Gasteiger partial charge on any atom is 0.305 e. The normalized spacial score (nSPS) is 29.1. The number of hydrogen-bond donors (Lipinski definition) is 0. The topological polar surface area (TPSA) is 44.8 Å². The second-order valence-electron chi connectivity index (χ2n) is 4.08. The molecule has 0 unspecified atom stereocenters. The molecule has 1 saturated heterocycles. The molecule has 1 fully saturated rings. The summed E-state index contributed by atoms with van der Waals surface area (Å²) in [6.07, 6.45) is 1.04. The first-order valence-electron chi connectivity index (χ1n) is 5.48. The first kappa shape index (κ1) is 12.5. The van der Waals surface area contributed by atoms with Gasteiger partial charge in [-0.05, 0) is 27.7 Å². The number of carbonyl (C=O) groups excluding carboxylic acids is 1. The predicted octanol–water partition coefficient (Wildman–Crippen LogP) is 1.87. The molecule has 0 aromatic carbocycles. The van der Waals surface area contributed by atoms with Crippen molar-refractivity contribution in [3.8, 4) is 0 Å². The Morgan fingerprint density at radius 2 is 1.87 bits per heavy atom. The molecule has 88 valence electrons. The van der Waals surface area contributed by atoms with Crippen molar-refractivity contribution in [2.24, 2.45) is 0 Å². The van der Waals surface area contributed by atoms with Gasteiger partial charge in [-0.15, -0.1) is 0 Å². The number of ether oxygens (including phenoxy) is 3. The average Bonchev–Trinajstić information content (AvgIpc) is 2.39. The fraction of sp³-hybridized carbons (Fsp3) is 0.909. The van der Waals surface area contributed by atoms with Crippen LogP contribution in [0.4, 0.5) is 0 Å². The molecule has 1 rings (SSSR count). The van der Waals surface area contributed by atoms with Crippen molar-refractivity contribution >= 4 is 5.97 Å². The van der Waals surface area contributed by atoms with Crippen LogP contribution >= 0.6 is 0 Å². The highest BCUT2D eigenvalue weighted by atomic mass is 16.7. The van der Waals surface area contributed by atoms with Crippen LogP contribution < -0.4 is 0 Å². The van der Waals surface area contributed by atoms with Crippen LogP contribution in [0.15, 0.2) is 0 Å². The van der Waals surface area contributed by atoms with E-state index in [9.17, 15) is 4.79 Å². The summed E-state index contributed by atoms with van der Waals surface area (Å²) in [6.45, 7) is 8.03. The summed E-state index contributed by atoms with van der Waals surface area (Å²) in [4.78, 5) is 11.2. The molecule has 0 saturated carbocycles. The maximum atomic E-state index is 11.2. The molecule has 0 aliphatic carbocycles. The molecule has 2 atom stereocenters. The average molecular weight is 216 g/mol. The van der Waals surface area contributed by atoms with Crippen LogP contribution in [0.25, 0.3) is 0 Å². The Bertz CT molecular complexity index is 217. The summed E-state index contributed by atoms with van der Waals surface area (Å²) in [5.74, 6) is -0.830. The third kappa shape index (κ3) is 3.47. The van der Waals surface area contributed by atoms with Crippen LogP contribution in [-0.2, 0) is 19.0 Å². The SMILES string of the molecule is CCOC(=O)CCC1(C)O[C@H](C)[C@@H](C)O1. The molecule has 1 aliphatic heterocycles. The first-order chi connectivity index (χ1) is 6.97. The zero-order valence-corrected chi connectivity index (χ0v) is 9.91. The number of rotatable bonds is 4. The van der Waals surface area contributed by atoms with Crippen molar-refractivity contribution in [1.29, 1.82) is 0 Å². The van der Waals surface area contributed by atoms with Crippen LogP contribution in [0, 0.1) is 0 Å². The van der Waals surface area contributed by atoms with Crippen molar-refractivity contribution in [3.05, 3.63) is 0 Å². The van der Waals surface area contributed by atoms with Crippen LogP contribution in [0.5, 0.6) is 0 Å². The summed E-state index contributed by atoms with van der Waals surface area (Å²) >= 11 is 0. The van der Waals surface area contributed by atoms with E-state index in [-0.39, 0.29) is 18.2 Å². The zero-order valence-electron chi connectivity index (χ0n) is 9.91. The van der Waals surface area contributed by atoms with Gasteiger partial charge in [0.05, 0.1) is 25.2 Å². The van der Waals surface area contributed by atoms with Crippen LogP contribution in [0.2, 0.25) is 0 Å². The molecule has 1 aliphatic rings. The first-order valence-corrected chi connectivity index (χ1v) is 5.48. The Kier molecular flexibility index (Phi) is 4.11. The molecule has 0 amide bonds. The van der Waals surface area contributed by atoms with Gasteiger partial charge in [0, 0.05) is 6.42 Å². The van der Waals surface area contributed by atoms with E-state index in [4.69, 9.17) is 14.2 Å². The van der Waals surface area contributed by atoms with Crippen LogP contribution in [0.3, 0.4) is 0 Å². The van der Waals surface area contributed by atoms with Crippen molar-refractivity contribution in [2.45, 2.75) is 58.5 Å². The molecule has 0 aromatic heterocycles. The lowest BCUT2D eigenvalue weighted by molar-refractivity contribution is -0.171. The minimum Gasteiger partial charge on any atom is -0.466 e. The van der Waals surface area contributed by atoms with Crippen molar-refractivity contribution in [1.82, 2.24) is 0 Å². The fourth-order valence-electron chi connectivity index (χ4n) is 1.69. The molecule has 0 bridgehead atoms. The van der Waals surface area contributed by atoms with E-state index in [0.29, 0.717) is 19.4 Å². The van der Waals surface area contributed by atoms with Crippen LogP contribution in [0.1, 0.15) is 40.5 Å². The van der Waals surface area contributed by atoms with Gasteiger partial charge in [0.1, 0.15) is 0 Å². The molecule has 0 N–H and O–H groups in total. The van der Waals surface area contributed by atoms with E-state index in [1.165, 1.54) is 0 Å². The molecule has 4 nitrogen and oxygen atoms in total. The van der Waals surface area contributed by atoms with Gasteiger partial charge in [0.25, 0.3) is 0 Å². The van der Waals surface area contributed by atoms with Gasteiger partial charge in [-0.1, -0.05) is 0 Å². The second-order valence-corrected chi connectivity index (χ2v) is 4.08. The molecular weight excluding hydrogens is 196 g/mol.